The van der Waals surface area contributed by atoms with Gasteiger partial charge in [0.15, 0.2) is 0 Å². The third-order valence-electron chi connectivity index (χ3n) is 10.8. The van der Waals surface area contributed by atoms with E-state index in [0.717, 1.165) is 71.3 Å². The molecule has 8 aromatic carbocycles. The van der Waals surface area contributed by atoms with Gasteiger partial charge in [-0.15, -0.1) is 11.3 Å². The average Bonchev–Trinajstić information content (AvgIpc) is 3.89. The van der Waals surface area contributed by atoms with Crippen molar-refractivity contribution in [2.45, 2.75) is 0 Å². The van der Waals surface area contributed by atoms with Gasteiger partial charge in [-0.05, 0) is 59.0 Å². The summed E-state index contributed by atoms with van der Waals surface area (Å²) in [5, 5.41) is 10.2. The van der Waals surface area contributed by atoms with Crippen molar-refractivity contribution < 1.29 is 4.42 Å². The Morgan fingerprint density at radius 2 is 1.11 bits per heavy atom. The number of hydrogen-bond acceptors (Lipinski definition) is 4. The highest BCUT2D eigenvalue weighted by molar-refractivity contribution is 7.25. The van der Waals surface area contributed by atoms with Gasteiger partial charge in [-0.2, -0.15) is 0 Å². The van der Waals surface area contributed by atoms with Gasteiger partial charge in [-0.3, -0.25) is 4.57 Å². The first-order chi connectivity index (χ1) is 26.3. The van der Waals surface area contributed by atoms with Crippen LogP contribution in [0.25, 0.3) is 114 Å². The first-order valence-electron chi connectivity index (χ1n) is 17.8. The van der Waals surface area contributed by atoms with Gasteiger partial charge >= 0.3 is 0 Å². The van der Waals surface area contributed by atoms with Crippen LogP contribution in [0.1, 0.15) is 0 Å². The number of rotatable bonds is 3. The maximum atomic E-state index is 7.00. The van der Waals surface area contributed by atoms with Gasteiger partial charge in [0.2, 0.25) is 5.95 Å². The fraction of sp³-hybridized carbons (Fsp3) is 0. The zero-order chi connectivity index (χ0) is 34.6. The van der Waals surface area contributed by atoms with Gasteiger partial charge in [-0.1, -0.05) is 121 Å². The molecular weight excluding hydrogens is 667 g/mol. The molecule has 0 radical (unpaired) electrons. The average molecular weight is 694 g/mol. The molecule has 0 aliphatic rings. The Hall–Kier alpha value is -6.82. The smallest absolute Gasteiger partial charge is 0.235 e. The summed E-state index contributed by atoms with van der Waals surface area (Å²) in [4.78, 5) is 10.6. The molecule has 53 heavy (non-hydrogen) atoms. The third-order valence-corrected chi connectivity index (χ3v) is 11.9. The molecule has 12 aromatic rings. The molecule has 246 valence electrons. The van der Waals surface area contributed by atoms with Crippen LogP contribution in [-0.4, -0.2) is 14.5 Å². The van der Waals surface area contributed by atoms with Gasteiger partial charge < -0.3 is 4.42 Å². The lowest BCUT2D eigenvalue weighted by atomic mass is 9.95. The molecule has 0 saturated heterocycles. The molecule has 0 aliphatic carbocycles. The lowest BCUT2D eigenvalue weighted by molar-refractivity contribution is 0.676. The lowest BCUT2D eigenvalue weighted by Gasteiger charge is -2.12. The number of nitrogens with zero attached hydrogens (tertiary/aromatic N) is 3. The molecule has 4 nitrogen and oxygen atoms in total. The van der Waals surface area contributed by atoms with Crippen molar-refractivity contribution in [3.63, 3.8) is 0 Å². The third kappa shape index (κ3) is 4.11. The molecule has 4 heterocycles. The summed E-state index contributed by atoms with van der Waals surface area (Å²) >= 11 is 1.83. The maximum Gasteiger partial charge on any atom is 0.235 e. The molecule has 5 heteroatoms. The van der Waals surface area contributed by atoms with Crippen LogP contribution in [0.3, 0.4) is 0 Å². The van der Waals surface area contributed by atoms with E-state index in [1.807, 2.05) is 11.3 Å². The largest absolute Gasteiger partial charge is 0.455 e. The molecule has 0 N–H and O–H groups in total. The molecule has 0 bridgehead atoms. The summed E-state index contributed by atoms with van der Waals surface area (Å²) in [6, 6.07) is 58.1. The Balaban J connectivity index is 1.14. The second kappa shape index (κ2) is 10.8. The maximum absolute atomic E-state index is 7.00. The van der Waals surface area contributed by atoms with Crippen molar-refractivity contribution in [1.82, 2.24) is 14.5 Å². The van der Waals surface area contributed by atoms with Gasteiger partial charge in [0, 0.05) is 52.7 Å². The minimum atomic E-state index is 0.633. The van der Waals surface area contributed by atoms with E-state index in [4.69, 9.17) is 14.4 Å². The number of furan rings is 1. The van der Waals surface area contributed by atoms with Gasteiger partial charge in [0.1, 0.15) is 11.2 Å². The molecule has 0 amide bonds. The second-order valence-electron chi connectivity index (χ2n) is 13.7. The van der Waals surface area contributed by atoms with Crippen molar-refractivity contribution >= 4 is 96.9 Å². The first kappa shape index (κ1) is 28.8. The van der Waals surface area contributed by atoms with Gasteiger partial charge in [-0.25, -0.2) is 9.97 Å². The summed E-state index contributed by atoms with van der Waals surface area (Å²) < 4.78 is 11.8. The number of benzene rings is 8. The summed E-state index contributed by atoms with van der Waals surface area (Å²) in [6.45, 7) is 0. The molecule has 12 rings (SSSR count). The van der Waals surface area contributed by atoms with Crippen LogP contribution in [0, 0.1) is 0 Å². The Morgan fingerprint density at radius 1 is 0.434 bits per heavy atom. The highest BCUT2D eigenvalue weighted by atomic mass is 32.1. The molecule has 4 aromatic heterocycles. The number of aromatic nitrogens is 3. The van der Waals surface area contributed by atoms with Crippen LogP contribution in [0.4, 0.5) is 0 Å². The van der Waals surface area contributed by atoms with Crippen molar-refractivity contribution in [3.05, 3.63) is 164 Å². The number of thiophene rings is 1. The second-order valence-corrected chi connectivity index (χ2v) is 14.8. The van der Waals surface area contributed by atoms with Crippen LogP contribution in [0.2, 0.25) is 0 Å². The number of para-hydroxylation sites is 2. The van der Waals surface area contributed by atoms with E-state index in [2.05, 4.69) is 168 Å². The lowest BCUT2D eigenvalue weighted by Crippen LogP contribution is -2.03. The van der Waals surface area contributed by atoms with Crippen molar-refractivity contribution in [2.75, 3.05) is 0 Å². The van der Waals surface area contributed by atoms with E-state index in [0.29, 0.717) is 5.95 Å². The van der Waals surface area contributed by atoms with Crippen molar-refractivity contribution in [2.24, 2.45) is 0 Å². The Morgan fingerprint density at radius 3 is 2.00 bits per heavy atom. The van der Waals surface area contributed by atoms with E-state index >= 15 is 0 Å². The standard InChI is InChI=1S/C48H27N3OS/c1-2-12-28(13-3-1)37-27-38-34-24-25-41-44(47(34)52-46(38)33-16-5-4-14-30(33)37)36-18-7-10-20-40(36)51(41)48-49-39-19-9-6-17-35(39)45(50-48)29-22-23-32-31-15-8-11-21-42(31)53-43(32)26-29/h1-27H. The Labute approximate surface area is 306 Å². The molecular formula is C48H27N3OS. The van der Waals surface area contributed by atoms with Crippen LogP contribution in [0.5, 0.6) is 0 Å². The highest BCUT2D eigenvalue weighted by Gasteiger charge is 2.23. The Kier molecular flexibility index (Phi) is 5.90. The molecule has 0 aliphatic heterocycles. The normalized spacial score (nSPS) is 12.2. The van der Waals surface area contributed by atoms with E-state index in [9.17, 15) is 0 Å². The van der Waals surface area contributed by atoms with Crippen LogP contribution in [-0.2, 0) is 0 Å². The fourth-order valence-corrected chi connectivity index (χ4v) is 9.58. The monoisotopic (exact) mass is 693 g/mol. The highest BCUT2D eigenvalue weighted by Crippen LogP contribution is 2.45. The fourth-order valence-electron chi connectivity index (χ4n) is 8.44. The quantitative estimate of drug-likeness (QED) is 0.185. The van der Waals surface area contributed by atoms with Gasteiger partial charge in [0.05, 0.1) is 27.6 Å². The van der Waals surface area contributed by atoms with Crippen LogP contribution >= 0.6 is 11.3 Å². The van der Waals surface area contributed by atoms with Crippen molar-refractivity contribution in [1.29, 1.82) is 0 Å². The minimum Gasteiger partial charge on any atom is -0.455 e. The van der Waals surface area contributed by atoms with Crippen LogP contribution in [0.15, 0.2) is 168 Å². The Bertz CT molecular complexity index is 3460. The van der Waals surface area contributed by atoms with E-state index in [1.54, 1.807) is 0 Å². The molecule has 0 saturated carbocycles. The molecule has 0 atom stereocenters. The summed E-state index contributed by atoms with van der Waals surface area (Å²) in [5.41, 5.74) is 9.10. The van der Waals surface area contributed by atoms with E-state index in [1.165, 1.54) is 36.7 Å². The predicted molar refractivity (Wildman–Crippen MR) is 222 cm³/mol. The van der Waals surface area contributed by atoms with Gasteiger partial charge in [0.25, 0.3) is 0 Å². The SMILES string of the molecule is c1ccc(-c2cc3c4ccc5c(c6ccccc6n5-c5nc(-c6ccc7c(c6)sc6ccccc67)c6ccccc6n5)c4oc3c3ccccc23)cc1. The zero-order valence-electron chi connectivity index (χ0n) is 28.2. The zero-order valence-corrected chi connectivity index (χ0v) is 29.1. The molecule has 0 fully saturated rings. The predicted octanol–water partition coefficient (Wildman–Crippen LogP) is 13.5. The topological polar surface area (TPSA) is 43.9 Å². The van der Waals surface area contributed by atoms with E-state index in [-0.39, 0.29) is 0 Å². The van der Waals surface area contributed by atoms with E-state index < -0.39 is 0 Å². The number of hydrogen-bond donors (Lipinski definition) is 0. The molecule has 0 spiro atoms. The van der Waals surface area contributed by atoms with Crippen molar-refractivity contribution in [3.8, 4) is 28.3 Å². The molecule has 0 unspecified atom stereocenters. The number of fused-ring (bicyclic) bond motifs is 13. The minimum absolute atomic E-state index is 0.633. The summed E-state index contributed by atoms with van der Waals surface area (Å²) in [5.74, 6) is 0.633. The summed E-state index contributed by atoms with van der Waals surface area (Å²) in [7, 11) is 0. The summed E-state index contributed by atoms with van der Waals surface area (Å²) in [6.07, 6.45) is 0. The first-order valence-corrected chi connectivity index (χ1v) is 18.6. The van der Waals surface area contributed by atoms with Crippen LogP contribution < -0.4 is 0 Å².